The lowest BCUT2D eigenvalue weighted by atomic mass is 10.0. The van der Waals surface area contributed by atoms with E-state index >= 15 is 0 Å². The SMILES string of the molecule is COC(=O)[C@H](CCO)NC(=O)[C@H](C)N1[C@H](c2ccccc2)COC1(C)C. The largest absolute Gasteiger partial charge is 0.467 e. The highest BCUT2D eigenvalue weighted by molar-refractivity contribution is 5.87. The Morgan fingerprint density at radius 2 is 2.04 bits per heavy atom. The number of nitrogens with one attached hydrogen (secondary N) is 1. The number of hydrogen-bond acceptors (Lipinski definition) is 6. The first-order valence-corrected chi connectivity index (χ1v) is 8.78. The van der Waals surface area contributed by atoms with Gasteiger partial charge in [0.25, 0.3) is 0 Å². The van der Waals surface area contributed by atoms with Gasteiger partial charge in [-0.3, -0.25) is 9.69 Å². The zero-order valence-electron chi connectivity index (χ0n) is 15.8. The maximum Gasteiger partial charge on any atom is 0.328 e. The van der Waals surface area contributed by atoms with Gasteiger partial charge in [0.2, 0.25) is 5.91 Å². The number of hydrogen-bond donors (Lipinski definition) is 2. The molecule has 0 radical (unpaired) electrons. The van der Waals surface area contributed by atoms with Gasteiger partial charge in [-0.05, 0) is 26.3 Å². The van der Waals surface area contributed by atoms with Gasteiger partial charge in [0.15, 0.2) is 0 Å². The average molecular weight is 364 g/mol. The number of esters is 1. The molecular formula is C19H28N2O5. The van der Waals surface area contributed by atoms with Crippen LogP contribution in [0.25, 0.3) is 0 Å². The number of carbonyl (C=O) groups excluding carboxylic acids is 2. The fourth-order valence-corrected chi connectivity index (χ4v) is 3.42. The van der Waals surface area contributed by atoms with Crippen molar-refractivity contribution in [2.45, 2.75) is 51.0 Å². The third-order valence-electron chi connectivity index (χ3n) is 4.75. The minimum atomic E-state index is -0.873. The Kier molecular flexibility index (Phi) is 6.75. The molecule has 2 N–H and O–H groups in total. The maximum atomic E-state index is 12.8. The van der Waals surface area contributed by atoms with Crippen LogP contribution in [-0.4, -0.2) is 60.0 Å². The Labute approximate surface area is 154 Å². The number of methoxy groups -OCH3 is 1. The van der Waals surface area contributed by atoms with Crippen molar-refractivity contribution < 1.29 is 24.2 Å². The Bertz CT molecular complexity index is 620. The van der Waals surface area contributed by atoms with Gasteiger partial charge in [0.05, 0.1) is 25.8 Å². The second-order valence-electron chi connectivity index (χ2n) is 6.86. The number of aliphatic hydroxyl groups is 1. The molecule has 1 aromatic rings. The summed E-state index contributed by atoms with van der Waals surface area (Å²) in [6.07, 6.45) is 0.104. The lowest BCUT2D eigenvalue weighted by Crippen LogP contribution is -2.55. The fraction of sp³-hybridized carbons (Fsp3) is 0.579. The normalized spacial score (nSPS) is 21.8. The number of benzene rings is 1. The Morgan fingerprint density at radius 1 is 1.38 bits per heavy atom. The predicted octanol–water partition coefficient (Wildman–Crippen LogP) is 1.22. The Hall–Kier alpha value is -1.96. The number of carbonyl (C=O) groups is 2. The molecular weight excluding hydrogens is 336 g/mol. The quantitative estimate of drug-likeness (QED) is 0.708. The summed E-state index contributed by atoms with van der Waals surface area (Å²) >= 11 is 0. The van der Waals surface area contributed by atoms with Crippen LogP contribution in [0, 0.1) is 0 Å². The Morgan fingerprint density at radius 3 is 2.62 bits per heavy atom. The second-order valence-corrected chi connectivity index (χ2v) is 6.86. The molecule has 1 aliphatic rings. The number of amides is 1. The fourth-order valence-electron chi connectivity index (χ4n) is 3.42. The molecule has 0 unspecified atom stereocenters. The van der Waals surface area contributed by atoms with E-state index in [1.54, 1.807) is 6.92 Å². The third kappa shape index (κ3) is 4.41. The molecule has 1 aromatic carbocycles. The molecule has 3 atom stereocenters. The van der Waals surface area contributed by atoms with Crippen LogP contribution < -0.4 is 5.32 Å². The summed E-state index contributed by atoms with van der Waals surface area (Å²) < 4.78 is 10.6. The van der Waals surface area contributed by atoms with Crippen molar-refractivity contribution in [1.29, 1.82) is 0 Å². The van der Waals surface area contributed by atoms with E-state index in [9.17, 15) is 9.59 Å². The lowest BCUT2D eigenvalue weighted by Gasteiger charge is -2.38. The molecule has 0 spiro atoms. The molecule has 1 amide bonds. The van der Waals surface area contributed by atoms with Crippen molar-refractivity contribution in [2.24, 2.45) is 0 Å². The highest BCUT2D eigenvalue weighted by atomic mass is 16.5. The van der Waals surface area contributed by atoms with Gasteiger partial charge in [-0.2, -0.15) is 0 Å². The van der Waals surface area contributed by atoms with Crippen molar-refractivity contribution in [3.8, 4) is 0 Å². The standard InChI is InChI=1S/C19H28N2O5/c1-13(17(23)20-15(10-11-22)18(24)25-4)21-16(12-26-19(21,2)3)14-8-6-5-7-9-14/h5-9,13,15-16,22H,10-12H2,1-4H3,(H,20,23)/t13-,15-,16-/m0/s1. The van der Waals surface area contributed by atoms with E-state index in [2.05, 4.69) is 5.32 Å². The summed E-state index contributed by atoms with van der Waals surface area (Å²) in [6, 6.07) is 8.40. The summed E-state index contributed by atoms with van der Waals surface area (Å²) in [5.41, 5.74) is 0.437. The third-order valence-corrected chi connectivity index (χ3v) is 4.75. The maximum absolute atomic E-state index is 12.8. The molecule has 7 nitrogen and oxygen atoms in total. The van der Waals surface area contributed by atoms with Crippen LogP contribution in [0.15, 0.2) is 30.3 Å². The van der Waals surface area contributed by atoms with Crippen molar-refractivity contribution in [3.63, 3.8) is 0 Å². The van der Waals surface area contributed by atoms with Crippen LogP contribution in [0.2, 0.25) is 0 Å². The highest BCUT2D eigenvalue weighted by Gasteiger charge is 2.46. The molecule has 7 heteroatoms. The highest BCUT2D eigenvalue weighted by Crippen LogP contribution is 2.38. The molecule has 0 saturated carbocycles. The molecule has 0 aliphatic carbocycles. The molecule has 1 heterocycles. The zero-order chi connectivity index (χ0) is 19.3. The van der Waals surface area contributed by atoms with Gasteiger partial charge in [-0.25, -0.2) is 4.79 Å². The number of aliphatic hydroxyl groups excluding tert-OH is 1. The smallest absolute Gasteiger partial charge is 0.328 e. The first kappa shape index (κ1) is 20.4. The zero-order valence-corrected chi connectivity index (χ0v) is 15.8. The van der Waals surface area contributed by atoms with E-state index in [0.717, 1.165) is 5.56 Å². The predicted molar refractivity (Wildman–Crippen MR) is 96.2 cm³/mol. The van der Waals surface area contributed by atoms with Gasteiger partial charge in [0, 0.05) is 13.0 Å². The van der Waals surface area contributed by atoms with E-state index in [1.165, 1.54) is 7.11 Å². The number of nitrogens with zero attached hydrogens (tertiary/aromatic N) is 1. The van der Waals surface area contributed by atoms with Gasteiger partial charge in [-0.1, -0.05) is 30.3 Å². The van der Waals surface area contributed by atoms with Gasteiger partial charge in [0.1, 0.15) is 11.8 Å². The molecule has 1 aliphatic heterocycles. The van der Waals surface area contributed by atoms with Crippen molar-refractivity contribution in [3.05, 3.63) is 35.9 Å². The van der Waals surface area contributed by atoms with Crippen molar-refractivity contribution in [2.75, 3.05) is 20.3 Å². The molecule has 2 rings (SSSR count). The van der Waals surface area contributed by atoms with Crippen LogP contribution in [-0.2, 0) is 19.1 Å². The first-order chi connectivity index (χ1) is 12.3. The number of rotatable bonds is 7. The van der Waals surface area contributed by atoms with E-state index in [1.807, 2.05) is 49.1 Å². The summed E-state index contributed by atoms with van der Waals surface area (Å²) in [5, 5.41) is 11.8. The molecule has 144 valence electrons. The van der Waals surface area contributed by atoms with E-state index in [-0.39, 0.29) is 25.0 Å². The van der Waals surface area contributed by atoms with Crippen LogP contribution in [0.3, 0.4) is 0 Å². The summed E-state index contributed by atoms with van der Waals surface area (Å²) in [5.74, 6) is -0.885. The molecule has 1 fully saturated rings. The monoisotopic (exact) mass is 364 g/mol. The lowest BCUT2D eigenvalue weighted by molar-refractivity contribution is -0.147. The van der Waals surface area contributed by atoms with Gasteiger partial charge in [-0.15, -0.1) is 0 Å². The molecule has 0 aromatic heterocycles. The molecule has 0 bridgehead atoms. The van der Waals surface area contributed by atoms with Gasteiger partial charge >= 0.3 is 5.97 Å². The van der Waals surface area contributed by atoms with Crippen LogP contribution >= 0.6 is 0 Å². The van der Waals surface area contributed by atoms with E-state index < -0.39 is 23.8 Å². The van der Waals surface area contributed by atoms with Crippen LogP contribution in [0.4, 0.5) is 0 Å². The summed E-state index contributed by atoms with van der Waals surface area (Å²) in [6.45, 7) is 5.89. The van der Waals surface area contributed by atoms with Crippen LogP contribution in [0.5, 0.6) is 0 Å². The van der Waals surface area contributed by atoms with Gasteiger partial charge < -0.3 is 19.9 Å². The molecule has 1 saturated heterocycles. The van der Waals surface area contributed by atoms with Crippen LogP contribution in [0.1, 0.15) is 38.8 Å². The average Bonchev–Trinajstić information content (AvgIpc) is 2.95. The topological polar surface area (TPSA) is 88.1 Å². The van der Waals surface area contributed by atoms with E-state index in [4.69, 9.17) is 14.6 Å². The minimum Gasteiger partial charge on any atom is -0.467 e. The first-order valence-electron chi connectivity index (χ1n) is 8.78. The molecule has 26 heavy (non-hydrogen) atoms. The van der Waals surface area contributed by atoms with Crippen molar-refractivity contribution in [1.82, 2.24) is 10.2 Å². The van der Waals surface area contributed by atoms with E-state index in [0.29, 0.717) is 6.61 Å². The minimum absolute atomic E-state index is 0.0682. The Balaban J connectivity index is 2.19. The summed E-state index contributed by atoms with van der Waals surface area (Å²) in [4.78, 5) is 26.6. The van der Waals surface area contributed by atoms with Crippen molar-refractivity contribution >= 4 is 11.9 Å². The summed E-state index contributed by atoms with van der Waals surface area (Å²) in [7, 11) is 1.26. The number of ether oxygens (including phenoxy) is 2. The second kappa shape index (κ2) is 8.62.